The van der Waals surface area contributed by atoms with E-state index >= 15 is 0 Å². The van der Waals surface area contributed by atoms with E-state index in [1.54, 1.807) is 0 Å². The van der Waals surface area contributed by atoms with Gasteiger partial charge in [-0.1, -0.05) is 97.1 Å². The molecule has 0 aromatic heterocycles. The van der Waals surface area contributed by atoms with Gasteiger partial charge in [-0.05, 0) is 11.1 Å². The standard InChI is InChI=1S/C12H10.C6H6.H2O/c1-3-7-11(8-4-1)12-9-5-2-6-10-12;1-2-4-6-5-3-1;/h1-10H;1-6H;1H2. The minimum absolute atomic E-state index is 0. The molecule has 0 aliphatic heterocycles. The van der Waals surface area contributed by atoms with Crippen molar-refractivity contribution >= 4 is 0 Å². The zero-order chi connectivity index (χ0) is 12.5. The molecule has 3 aromatic carbocycles. The van der Waals surface area contributed by atoms with Gasteiger partial charge in [-0.25, -0.2) is 0 Å². The van der Waals surface area contributed by atoms with E-state index in [1.807, 2.05) is 48.5 Å². The molecule has 0 saturated heterocycles. The topological polar surface area (TPSA) is 31.5 Å². The molecule has 3 aromatic rings. The van der Waals surface area contributed by atoms with Crippen LogP contribution in [0.25, 0.3) is 11.1 Å². The van der Waals surface area contributed by atoms with E-state index < -0.39 is 0 Å². The molecule has 0 saturated carbocycles. The molecule has 0 aliphatic rings. The first-order valence-electron chi connectivity index (χ1n) is 6.07. The van der Waals surface area contributed by atoms with Gasteiger partial charge in [0.15, 0.2) is 0 Å². The maximum Gasteiger partial charge on any atom is -0.0184 e. The highest BCUT2D eigenvalue weighted by molar-refractivity contribution is 5.62. The molecule has 0 atom stereocenters. The SMILES string of the molecule is O.c1ccc(-c2ccccc2)cc1.c1ccccc1. The van der Waals surface area contributed by atoms with Gasteiger partial charge in [-0.3, -0.25) is 0 Å². The Labute approximate surface area is 114 Å². The van der Waals surface area contributed by atoms with Crippen molar-refractivity contribution in [2.75, 3.05) is 0 Å². The Morgan fingerprint density at radius 2 is 0.526 bits per heavy atom. The quantitative estimate of drug-likeness (QED) is 0.619. The third-order valence-corrected chi connectivity index (χ3v) is 2.55. The number of hydrogen-bond acceptors (Lipinski definition) is 0. The Bertz CT molecular complexity index is 468. The van der Waals surface area contributed by atoms with E-state index in [9.17, 15) is 0 Å². The molecule has 0 spiro atoms. The van der Waals surface area contributed by atoms with Crippen LogP contribution in [0.5, 0.6) is 0 Å². The van der Waals surface area contributed by atoms with Gasteiger partial charge in [-0.15, -0.1) is 0 Å². The fourth-order valence-electron chi connectivity index (χ4n) is 1.65. The Morgan fingerprint density at radius 3 is 0.789 bits per heavy atom. The van der Waals surface area contributed by atoms with Gasteiger partial charge in [0.1, 0.15) is 0 Å². The first-order chi connectivity index (χ1) is 8.97. The highest BCUT2D eigenvalue weighted by atomic mass is 16.0. The first kappa shape index (κ1) is 14.7. The summed E-state index contributed by atoms with van der Waals surface area (Å²) in [5.74, 6) is 0. The average molecular weight is 250 g/mol. The Morgan fingerprint density at radius 1 is 0.316 bits per heavy atom. The van der Waals surface area contributed by atoms with E-state index in [4.69, 9.17) is 0 Å². The van der Waals surface area contributed by atoms with Crippen LogP contribution in [0.2, 0.25) is 0 Å². The maximum atomic E-state index is 2.12. The lowest BCUT2D eigenvalue weighted by Crippen LogP contribution is -1.73. The Kier molecular flexibility index (Phi) is 6.70. The second-order valence-electron chi connectivity index (χ2n) is 3.89. The third-order valence-electron chi connectivity index (χ3n) is 2.55. The summed E-state index contributed by atoms with van der Waals surface area (Å²) in [4.78, 5) is 0. The van der Waals surface area contributed by atoms with Crippen molar-refractivity contribution in [2.24, 2.45) is 0 Å². The summed E-state index contributed by atoms with van der Waals surface area (Å²) < 4.78 is 0. The van der Waals surface area contributed by atoms with Gasteiger partial charge in [-0.2, -0.15) is 0 Å². The van der Waals surface area contributed by atoms with E-state index in [1.165, 1.54) is 11.1 Å². The molecule has 0 fully saturated rings. The fraction of sp³-hybridized carbons (Fsp3) is 0. The van der Waals surface area contributed by atoms with Crippen molar-refractivity contribution in [2.45, 2.75) is 0 Å². The molecule has 2 N–H and O–H groups in total. The fourth-order valence-corrected chi connectivity index (χ4v) is 1.65. The molecule has 96 valence electrons. The van der Waals surface area contributed by atoms with Crippen LogP contribution in [-0.4, -0.2) is 5.48 Å². The zero-order valence-corrected chi connectivity index (χ0v) is 10.7. The van der Waals surface area contributed by atoms with E-state index in [0.717, 1.165) is 0 Å². The Hall–Kier alpha value is -2.38. The van der Waals surface area contributed by atoms with Gasteiger partial charge in [0.2, 0.25) is 0 Å². The van der Waals surface area contributed by atoms with Gasteiger partial charge >= 0.3 is 0 Å². The van der Waals surface area contributed by atoms with Crippen LogP contribution in [-0.2, 0) is 0 Å². The number of benzene rings is 3. The molecular weight excluding hydrogens is 232 g/mol. The second-order valence-corrected chi connectivity index (χ2v) is 3.89. The zero-order valence-electron chi connectivity index (χ0n) is 10.7. The molecule has 19 heavy (non-hydrogen) atoms. The van der Waals surface area contributed by atoms with Crippen LogP contribution in [0.3, 0.4) is 0 Å². The lowest BCUT2D eigenvalue weighted by molar-refractivity contribution is 0.824. The summed E-state index contributed by atoms with van der Waals surface area (Å²) >= 11 is 0. The van der Waals surface area contributed by atoms with Crippen LogP contribution in [0.4, 0.5) is 0 Å². The summed E-state index contributed by atoms with van der Waals surface area (Å²) in [6.45, 7) is 0. The van der Waals surface area contributed by atoms with Gasteiger partial charge in [0.05, 0.1) is 0 Å². The van der Waals surface area contributed by atoms with Crippen molar-refractivity contribution in [1.29, 1.82) is 0 Å². The average Bonchev–Trinajstić information content (AvgIpc) is 2.51. The second kappa shape index (κ2) is 8.67. The van der Waals surface area contributed by atoms with Crippen molar-refractivity contribution < 1.29 is 5.48 Å². The van der Waals surface area contributed by atoms with E-state index in [-0.39, 0.29) is 5.48 Å². The third kappa shape index (κ3) is 5.19. The summed E-state index contributed by atoms with van der Waals surface area (Å²) in [5, 5.41) is 0. The lowest BCUT2D eigenvalue weighted by atomic mass is 10.1. The monoisotopic (exact) mass is 250 g/mol. The normalized spacial score (nSPS) is 8.63. The molecular formula is C18H18O. The molecule has 1 nitrogen and oxygen atoms in total. The lowest BCUT2D eigenvalue weighted by Gasteiger charge is -1.98. The molecule has 0 radical (unpaired) electrons. The minimum atomic E-state index is 0. The van der Waals surface area contributed by atoms with Crippen molar-refractivity contribution in [3.05, 3.63) is 97.1 Å². The Balaban J connectivity index is 0.000000220. The summed E-state index contributed by atoms with van der Waals surface area (Å²) in [5.41, 5.74) is 2.55. The van der Waals surface area contributed by atoms with Crippen LogP contribution in [0, 0.1) is 0 Å². The minimum Gasteiger partial charge on any atom is -0.412 e. The van der Waals surface area contributed by atoms with Crippen molar-refractivity contribution in [3.63, 3.8) is 0 Å². The molecule has 0 bridgehead atoms. The van der Waals surface area contributed by atoms with Crippen molar-refractivity contribution in [1.82, 2.24) is 0 Å². The predicted octanol–water partition coefficient (Wildman–Crippen LogP) is 4.22. The van der Waals surface area contributed by atoms with Crippen LogP contribution in [0.1, 0.15) is 0 Å². The largest absolute Gasteiger partial charge is 0.412 e. The molecule has 0 unspecified atom stereocenters. The molecule has 1 heteroatoms. The van der Waals surface area contributed by atoms with Crippen LogP contribution in [0.15, 0.2) is 97.1 Å². The predicted molar refractivity (Wildman–Crippen MR) is 81.9 cm³/mol. The number of hydrogen-bond donors (Lipinski definition) is 0. The molecule has 0 aliphatic carbocycles. The summed E-state index contributed by atoms with van der Waals surface area (Å²) in [6, 6.07) is 32.8. The first-order valence-corrected chi connectivity index (χ1v) is 6.07. The van der Waals surface area contributed by atoms with Crippen LogP contribution < -0.4 is 0 Å². The van der Waals surface area contributed by atoms with Crippen molar-refractivity contribution in [3.8, 4) is 11.1 Å². The van der Waals surface area contributed by atoms with Gasteiger partial charge in [0, 0.05) is 0 Å². The van der Waals surface area contributed by atoms with E-state index in [0.29, 0.717) is 0 Å². The maximum absolute atomic E-state index is 2.12. The smallest absolute Gasteiger partial charge is 0.0184 e. The number of rotatable bonds is 1. The highest BCUT2D eigenvalue weighted by Gasteiger charge is 1.91. The van der Waals surface area contributed by atoms with Gasteiger partial charge < -0.3 is 5.48 Å². The molecule has 0 heterocycles. The highest BCUT2D eigenvalue weighted by Crippen LogP contribution is 2.17. The summed E-state index contributed by atoms with van der Waals surface area (Å²) in [7, 11) is 0. The molecule has 3 rings (SSSR count). The van der Waals surface area contributed by atoms with Crippen LogP contribution >= 0.6 is 0 Å². The molecule has 0 amide bonds. The van der Waals surface area contributed by atoms with E-state index in [2.05, 4.69) is 48.5 Å². The summed E-state index contributed by atoms with van der Waals surface area (Å²) in [6.07, 6.45) is 0. The van der Waals surface area contributed by atoms with Gasteiger partial charge in [0.25, 0.3) is 0 Å².